The van der Waals surface area contributed by atoms with Gasteiger partial charge >= 0.3 is 0 Å². The van der Waals surface area contributed by atoms with Gasteiger partial charge in [0.05, 0.1) is 17.4 Å². The van der Waals surface area contributed by atoms with Crippen molar-refractivity contribution in [3.63, 3.8) is 0 Å². The Labute approximate surface area is 130 Å². The number of carbonyl (C=O) groups is 1. The summed E-state index contributed by atoms with van der Waals surface area (Å²) < 4.78 is 0. The molecule has 2 aliphatic heterocycles. The molecular formula is C19H18N2O. The maximum Gasteiger partial charge on any atom is 0.248 e. The molecule has 0 spiro atoms. The van der Waals surface area contributed by atoms with Gasteiger partial charge in [0.1, 0.15) is 0 Å². The second-order valence-corrected chi connectivity index (χ2v) is 5.77. The molecule has 3 nitrogen and oxygen atoms in total. The lowest BCUT2D eigenvalue weighted by Gasteiger charge is -2.27. The van der Waals surface area contributed by atoms with Crippen molar-refractivity contribution < 1.29 is 4.79 Å². The molecule has 1 N–H and O–H groups in total. The van der Waals surface area contributed by atoms with Crippen molar-refractivity contribution in [3.05, 3.63) is 59.7 Å². The summed E-state index contributed by atoms with van der Waals surface area (Å²) in [7, 11) is 0. The van der Waals surface area contributed by atoms with Crippen molar-refractivity contribution in [1.82, 2.24) is 5.32 Å². The first-order chi connectivity index (χ1) is 10.8. The third-order valence-electron chi connectivity index (χ3n) is 4.38. The lowest BCUT2D eigenvalue weighted by Crippen LogP contribution is -2.41. The highest BCUT2D eigenvalue weighted by atomic mass is 16.2. The van der Waals surface area contributed by atoms with Crippen molar-refractivity contribution in [1.29, 1.82) is 0 Å². The van der Waals surface area contributed by atoms with Gasteiger partial charge in [-0.3, -0.25) is 9.69 Å². The highest BCUT2D eigenvalue weighted by molar-refractivity contribution is 6.08. The van der Waals surface area contributed by atoms with Crippen LogP contribution in [0.2, 0.25) is 0 Å². The Morgan fingerprint density at radius 1 is 0.955 bits per heavy atom. The molecule has 2 heterocycles. The lowest BCUT2D eigenvalue weighted by molar-refractivity contribution is -0.119. The molecule has 3 heteroatoms. The predicted molar refractivity (Wildman–Crippen MR) is 90.0 cm³/mol. The minimum absolute atomic E-state index is 0.0841. The SMILES string of the molecule is O=C([C@@H]1CCCN1)N1c2ccccc2C=Cc2ccccc21. The van der Waals surface area contributed by atoms with Gasteiger partial charge in [-0.2, -0.15) is 0 Å². The molecule has 0 radical (unpaired) electrons. The van der Waals surface area contributed by atoms with Crippen LogP contribution in [0.25, 0.3) is 12.2 Å². The molecule has 2 aromatic carbocycles. The van der Waals surface area contributed by atoms with Gasteiger partial charge in [-0.25, -0.2) is 0 Å². The van der Waals surface area contributed by atoms with Crippen LogP contribution in [0.1, 0.15) is 24.0 Å². The number of amides is 1. The molecule has 0 saturated carbocycles. The summed E-state index contributed by atoms with van der Waals surface area (Å²) in [5, 5.41) is 3.32. The highest BCUT2D eigenvalue weighted by Crippen LogP contribution is 2.37. The summed E-state index contributed by atoms with van der Waals surface area (Å²) in [6.07, 6.45) is 6.14. The second-order valence-electron chi connectivity index (χ2n) is 5.77. The fraction of sp³-hybridized carbons (Fsp3) is 0.211. The first-order valence-corrected chi connectivity index (χ1v) is 7.78. The molecule has 110 valence electrons. The number of anilines is 2. The minimum Gasteiger partial charge on any atom is -0.306 e. The molecule has 1 amide bonds. The Bertz CT molecular complexity index is 695. The smallest absolute Gasteiger partial charge is 0.248 e. The van der Waals surface area contributed by atoms with E-state index < -0.39 is 0 Å². The molecule has 2 aliphatic rings. The number of carbonyl (C=O) groups excluding carboxylic acids is 1. The zero-order chi connectivity index (χ0) is 14.9. The average Bonchev–Trinajstić information content (AvgIpc) is 3.04. The fourth-order valence-corrected chi connectivity index (χ4v) is 3.26. The number of rotatable bonds is 1. The molecular weight excluding hydrogens is 272 g/mol. The van der Waals surface area contributed by atoms with Gasteiger partial charge in [-0.05, 0) is 42.6 Å². The van der Waals surface area contributed by atoms with Gasteiger partial charge in [-0.1, -0.05) is 48.6 Å². The predicted octanol–water partition coefficient (Wildman–Crippen LogP) is 3.59. The summed E-state index contributed by atoms with van der Waals surface area (Å²) in [4.78, 5) is 15.0. The molecule has 0 bridgehead atoms. The molecule has 0 aliphatic carbocycles. The van der Waals surface area contributed by atoms with Gasteiger partial charge in [0.2, 0.25) is 5.91 Å². The zero-order valence-electron chi connectivity index (χ0n) is 12.3. The Morgan fingerprint density at radius 2 is 1.55 bits per heavy atom. The monoisotopic (exact) mass is 290 g/mol. The Morgan fingerprint density at radius 3 is 2.09 bits per heavy atom. The number of nitrogens with one attached hydrogen (secondary N) is 1. The number of para-hydroxylation sites is 2. The van der Waals surface area contributed by atoms with E-state index >= 15 is 0 Å². The van der Waals surface area contributed by atoms with E-state index in [2.05, 4.69) is 29.6 Å². The van der Waals surface area contributed by atoms with Crippen molar-refractivity contribution in [2.24, 2.45) is 0 Å². The third-order valence-corrected chi connectivity index (χ3v) is 4.38. The van der Waals surface area contributed by atoms with E-state index in [-0.39, 0.29) is 11.9 Å². The number of hydrogen-bond donors (Lipinski definition) is 1. The van der Waals surface area contributed by atoms with Crippen LogP contribution in [0, 0.1) is 0 Å². The molecule has 1 fully saturated rings. The van der Waals surface area contributed by atoms with Crippen molar-refractivity contribution in [2.75, 3.05) is 11.4 Å². The topological polar surface area (TPSA) is 32.3 Å². The van der Waals surface area contributed by atoms with Crippen molar-refractivity contribution in [3.8, 4) is 0 Å². The van der Waals surface area contributed by atoms with Gasteiger partial charge in [0, 0.05) is 0 Å². The Balaban J connectivity index is 1.88. The maximum absolute atomic E-state index is 13.1. The van der Waals surface area contributed by atoms with E-state index in [1.54, 1.807) is 0 Å². The minimum atomic E-state index is -0.0841. The Hall–Kier alpha value is -2.39. The van der Waals surface area contributed by atoms with Gasteiger partial charge < -0.3 is 5.32 Å². The van der Waals surface area contributed by atoms with Crippen LogP contribution in [0.5, 0.6) is 0 Å². The molecule has 4 rings (SSSR count). The van der Waals surface area contributed by atoms with Crippen LogP contribution in [0.3, 0.4) is 0 Å². The van der Waals surface area contributed by atoms with Crippen LogP contribution >= 0.6 is 0 Å². The summed E-state index contributed by atoms with van der Waals surface area (Å²) >= 11 is 0. The third kappa shape index (κ3) is 2.14. The largest absolute Gasteiger partial charge is 0.306 e. The van der Waals surface area contributed by atoms with E-state index in [0.717, 1.165) is 41.9 Å². The van der Waals surface area contributed by atoms with Crippen molar-refractivity contribution in [2.45, 2.75) is 18.9 Å². The summed E-state index contributed by atoms with van der Waals surface area (Å²) in [6, 6.07) is 16.1. The van der Waals surface area contributed by atoms with Crippen LogP contribution in [0.15, 0.2) is 48.5 Å². The molecule has 0 unspecified atom stereocenters. The first kappa shape index (κ1) is 13.3. The molecule has 2 aromatic rings. The van der Waals surface area contributed by atoms with E-state index in [1.807, 2.05) is 41.3 Å². The normalized spacial score (nSPS) is 19.5. The lowest BCUT2D eigenvalue weighted by atomic mass is 10.1. The quantitative estimate of drug-likeness (QED) is 0.870. The van der Waals surface area contributed by atoms with Gasteiger partial charge in [-0.15, -0.1) is 0 Å². The summed E-state index contributed by atoms with van der Waals surface area (Å²) in [5.41, 5.74) is 4.07. The van der Waals surface area contributed by atoms with Crippen LogP contribution in [0.4, 0.5) is 11.4 Å². The fourth-order valence-electron chi connectivity index (χ4n) is 3.26. The van der Waals surface area contributed by atoms with E-state index in [9.17, 15) is 4.79 Å². The summed E-state index contributed by atoms with van der Waals surface area (Å²) in [5.74, 6) is 0.140. The van der Waals surface area contributed by atoms with E-state index in [0.29, 0.717) is 0 Å². The number of fused-ring (bicyclic) bond motifs is 2. The van der Waals surface area contributed by atoms with Crippen molar-refractivity contribution >= 4 is 29.4 Å². The standard InChI is InChI=1S/C19H18N2O/c22-19(16-8-5-13-20-16)21-17-9-3-1-6-14(17)11-12-15-7-2-4-10-18(15)21/h1-4,6-7,9-12,16,20H,5,8,13H2/t16-/m0/s1. The Kier molecular flexibility index (Phi) is 3.28. The molecule has 0 aromatic heterocycles. The van der Waals surface area contributed by atoms with Gasteiger partial charge in [0.25, 0.3) is 0 Å². The molecule has 22 heavy (non-hydrogen) atoms. The number of hydrogen-bond acceptors (Lipinski definition) is 2. The highest BCUT2D eigenvalue weighted by Gasteiger charge is 2.31. The van der Waals surface area contributed by atoms with Crippen LogP contribution in [-0.4, -0.2) is 18.5 Å². The maximum atomic E-state index is 13.1. The molecule has 1 atom stereocenters. The zero-order valence-corrected chi connectivity index (χ0v) is 12.3. The number of benzene rings is 2. The van der Waals surface area contributed by atoms with Gasteiger partial charge in [0.15, 0.2) is 0 Å². The average molecular weight is 290 g/mol. The number of nitrogens with zero attached hydrogens (tertiary/aromatic N) is 1. The summed E-state index contributed by atoms with van der Waals surface area (Å²) in [6.45, 7) is 0.922. The molecule has 1 saturated heterocycles. The van der Waals surface area contributed by atoms with E-state index in [1.165, 1.54) is 0 Å². The van der Waals surface area contributed by atoms with Crippen LogP contribution < -0.4 is 10.2 Å². The first-order valence-electron chi connectivity index (χ1n) is 7.78. The van der Waals surface area contributed by atoms with Crippen LogP contribution in [-0.2, 0) is 4.79 Å². The second kappa shape index (κ2) is 5.43. The van der Waals surface area contributed by atoms with E-state index in [4.69, 9.17) is 0 Å².